The standard InChI is InChI=1S/C11H21NO4/c1-3-16-11(14)9-7-10(13)12(8-9)5-4-6-15-2/h9-10,13H,3-8H2,1-2H3. The van der Waals surface area contributed by atoms with Crippen molar-refractivity contribution in [3.8, 4) is 0 Å². The van der Waals surface area contributed by atoms with E-state index in [0.717, 1.165) is 13.0 Å². The average Bonchev–Trinajstić information content (AvgIpc) is 2.61. The van der Waals surface area contributed by atoms with Crippen molar-refractivity contribution in [1.29, 1.82) is 0 Å². The lowest BCUT2D eigenvalue weighted by Crippen LogP contribution is -2.31. The van der Waals surface area contributed by atoms with Crippen LogP contribution in [-0.2, 0) is 14.3 Å². The fourth-order valence-corrected chi connectivity index (χ4v) is 1.97. The zero-order valence-electron chi connectivity index (χ0n) is 10.0. The van der Waals surface area contributed by atoms with Gasteiger partial charge in [0.25, 0.3) is 0 Å². The van der Waals surface area contributed by atoms with Crippen LogP contribution in [0.5, 0.6) is 0 Å². The van der Waals surface area contributed by atoms with Crippen molar-refractivity contribution >= 4 is 5.97 Å². The van der Waals surface area contributed by atoms with E-state index in [2.05, 4.69) is 0 Å². The summed E-state index contributed by atoms with van der Waals surface area (Å²) in [5.41, 5.74) is 0. The third-order valence-electron chi connectivity index (χ3n) is 2.79. The molecule has 1 rings (SSSR count). The highest BCUT2D eigenvalue weighted by molar-refractivity contribution is 5.73. The number of methoxy groups -OCH3 is 1. The van der Waals surface area contributed by atoms with Gasteiger partial charge in [-0.2, -0.15) is 0 Å². The number of hydrogen-bond donors (Lipinski definition) is 1. The van der Waals surface area contributed by atoms with E-state index in [-0.39, 0.29) is 11.9 Å². The minimum absolute atomic E-state index is 0.183. The molecule has 16 heavy (non-hydrogen) atoms. The molecule has 1 N–H and O–H groups in total. The van der Waals surface area contributed by atoms with Gasteiger partial charge in [-0.25, -0.2) is 0 Å². The summed E-state index contributed by atoms with van der Waals surface area (Å²) in [5.74, 6) is -0.381. The van der Waals surface area contributed by atoms with Crippen LogP contribution in [0.3, 0.4) is 0 Å². The number of carbonyl (C=O) groups excluding carboxylic acids is 1. The zero-order valence-corrected chi connectivity index (χ0v) is 10.0. The number of ether oxygens (including phenoxy) is 2. The largest absolute Gasteiger partial charge is 0.466 e. The lowest BCUT2D eigenvalue weighted by Gasteiger charge is -2.19. The van der Waals surface area contributed by atoms with Gasteiger partial charge < -0.3 is 14.6 Å². The van der Waals surface area contributed by atoms with Gasteiger partial charge in [0, 0.05) is 33.2 Å². The van der Waals surface area contributed by atoms with Crippen LogP contribution in [0, 0.1) is 5.92 Å². The Kier molecular flexibility index (Phi) is 5.73. The Morgan fingerprint density at radius 1 is 1.56 bits per heavy atom. The molecule has 0 saturated carbocycles. The van der Waals surface area contributed by atoms with Gasteiger partial charge in [-0.05, 0) is 13.3 Å². The molecular formula is C11H21NO4. The molecule has 0 aromatic carbocycles. The van der Waals surface area contributed by atoms with Crippen LogP contribution in [0.1, 0.15) is 19.8 Å². The lowest BCUT2D eigenvalue weighted by molar-refractivity contribution is -0.147. The topological polar surface area (TPSA) is 59.0 Å². The van der Waals surface area contributed by atoms with E-state index < -0.39 is 6.23 Å². The summed E-state index contributed by atoms with van der Waals surface area (Å²) in [6.07, 6.45) is 0.820. The molecular weight excluding hydrogens is 210 g/mol. The number of nitrogens with zero attached hydrogens (tertiary/aromatic N) is 1. The molecule has 5 nitrogen and oxygen atoms in total. The van der Waals surface area contributed by atoms with Crippen LogP contribution in [0.15, 0.2) is 0 Å². The van der Waals surface area contributed by atoms with Gasteiger partial charge in [-0.1, -0.05) is 0 Å². The van der Waals surface area contributed by atoms with E-state index in [1.807, 2.05) is 4.90 Å². The highest BCUT2D eigenvalue weighted by Crippen LogP contribution is 2.22. The van der Waals surface area contributed by atoms with Gasteiger partial charge in [0.2, 0.25) is 0 Å². The molecule has 1 aliphatic heterocycles. The van der Waals surface area contributed by atoms with Crippen molar-refractivity contribution in [2.45, 2.75) is 26.0 Å². The normalized spacial score (nSPS) is 25.9. The first kappa shape index (κ1) is 13.4. The molecule has 0 aromatic heterocycles. The maximum Gasteiger partial charge on any atom is 0.310 e. The second-order valence-corrected chi connectivity index (χ2v) is 4.01. The van der Waals surface area contributed by atoms with Gasteiger partial charge in [0.15, 0.2) is 0 Å². The summed E-state index contributed by atoms with van der Waals surface area (Å²) < 4.78 is 9.90. The summed E-state index contributed by atoms with van der Waals surface area (Å²) in [5, 5.41) is 9.75. The van der Waals surface area contributed by atoms with Gasteiger partial charge >= 0.3 is 5.97 Å². The van der Waals surface area contributed by atoms with E-state index in [4.69, 9.17) is 9.47 Å². The number of aliphatic hydroxyl groups is 1. The van der Waals surface area contributed by atoms with Crippen LogP contribution in [0.4, 0.5) is 0 Å². The second-order valence-electron chi connectivity index (χ2n) is 4.01. The van der Waals surface area contributed by atoms with Crippen LogP contribution in [-0.4, -0.2) is 55.6 Å². The van der Waals surface area contributed by atoms with Gasteiger partial charge in [0.05, 0.1) is 12.5 Å². The summed E-state index contributed by atoms with van der Waals surface area (Å²) in [4.78, 5) is 13.4. The van der Waals surface area contributed by atoms with Crippen molar-refractivity contribution < 1.29 is 19.4 Å². The lowest BCUT2D eigenvalue weighted by atomic mass is 10.1. The maximum atomic E-state index is 11.5. The summed E-state index contributed by atoms with van der Waals surface area (Å²) in [7, 11) is 1.65. The Labute approximate surface area is 96.3 Å². The predicted octanol–water partition coefficient (Wildman–Crippen LogP) is 0.226. The Balaban J connectivity index is 2.32. The van der Waals surface area contributed by atoms with Crippen molar-refractivity contribution in [3.63, 3.8) is 0 Å². The van der Waals surface area contributed by atoms with Crippen molar-refractivity contribution in [3.05, 3.63) is 0 Å². The molecule has 2 atom stereocenters. The Morgan fingerprint density at radius 3 is 2.94 bits per heavy atom. The highest BCUT2D eigenvalue weighted by Gasteiger charge is 2.35. The fraction of sp³-hybridized carbons (Fsp3) is 0.909. The van der Waals surface area contributed by atoms with E-state index in [9.17, 15) is 9.90 Å². The molecule has 0 amide bonds. The number of rotatable bonds is 6. The van der Waals surface area contributed by atoms with E-state index in [0.29, 0.717) is 26.2 Å². The Hall–Kier alpha value is -0.650. The molecule has 1 heterocycles. The summed E-state index contributed by atoms with van der Waals surface area (Å²) in [6, 6.07) is 0. The fourth-order valence-electron chi connectivity index (χ4n) is 1.97. The third-order valence-corrected chi connectivity index (χ3v) is 2.79. The SMILES string of the molecule is CCOC(=O)C1CC(O)N(CCCOC)C1. The van der Waals surface area contributed by atoms with E-state index in [1.54, 1.807) is 14.0 Å². The zero-order chi connectivity index (χ0) is 12.0. The molecule has 94 valence electrons. The Morgan fingerprint density at radius 2 is 2.31 bits per heavy atom. The molecule has 0 radical (unpaired) electrons. The minimum Gasteiger partial charge on any atom is -0.466 e. The minimum atomic E-state index is -0.522. The first-order valence-corrected chi connectivity index (χ1v) is 5.76. The first-order valence-electron chi connectivity index (χ1n) is 5.76. The quantitative estimate of drug-likeness (QED) is 0.523. The molecule has 1 saturated heterocycles. The monoisotopic (exact) mass is 231 g/mol. The molecule has 0 spiro atoms. The summed E-state index contributed by atoms with van der Waals surface area (Å²) >= 11 is 0. The van der Waals surface area contributed by atoms with Crippen LogP contribution < -0.4 is 0 Å². The van der Waals surface area contributed by atoms with Crippen molar-refractivity contribution in [2.75, 3.05) is 33.4 Å². The van der Waals surface area contributed by atoms with Gasteiger partial charge in [0.1, 0.15) is 6.23 Å². The van der Waals surface area contributed by atoms with E-state index >= 15 is 0 Å². The van der Waals surface area contributed by atoms with Gasteiger partial charge in [-0.3, -0.25) is 9.69 Å². The first-order chi connectivity index (χ1) is 7.69. The average molecular weight is 231 g/mol. The molecule has 0 bridgehead atoms. The van der Waals surface area contributed by atoms with Crippen molar-refractivity contribution in [2.24, 2.45) is 5.92 Å². The highest BCUT2D eigenvalue weighted by atomic mass is 16.5. The van der Waals surface area contributed by atoms with Crippen molar-refractivity contribution in [1.82, 2.24) is 4.90 Å². The smallest absolute Gasteiger partial charge is 0.310 e. The van der Waals surface area contributed by atoms with Crippen LogP contribution in [0.2, 0.25) is 0 Å². The van der Waals surface area contributed by atoms with E-state index in [1.165, 1.54) is 0 Å². The van der Waals surface area contributed by atoms with Gasteiger partial charge in [-0.15, -0.1) is 0 Å². The third kappa shape index (κ3) is 3.73. The molecule has 1 aliphatic rings. The second kappa shape index (κ2) is 6.83. The number of carbonyl (C=O) groups is 1. The Bertz CT molecular complexity index is 222. The number of esters is 1. The number of aliphatic hydroxyl groups excluding tert-OH is 1. The molecule has 1 fully saturated rings. The predicted molar refractivity (Wildman–Crippen MR) is 58.8 cm³/mol. The molecule has 2 unspecified atom stereocenters. The maximum absolute atomic E-state index is 11.5. The molecule has 5 heteroatoms. The number of likely N-dealkylation sites (tertiary alicyclic amines) is 1. The molecule has 0 aliphatic carbocycles. The van der Waals surface area contributed by atoms with Crippen LogP contribution >= 0.6 is 0 Å². The van der Waals surface area contributed by atoms with Crippen LogP contribution in [0.25, 0.3) is 0 Å². The number of hydrogen-bond acceptors (Lipinski definition) is 5. The summed E-state index contributed by atoms with van der Waals surface area (Å²) in [6.45, 7) is 4.21. The molecule has 0 aromatic rings.